The minimum Gasteiger partial charge on any atom is -0.394 e. The lowest BCUT2D eigenvalue weighted by Crippen LogP contribution is -2.46. The molecule has 0 aliphatic carbocycles. The molecule has 0 aliphatic rings. The maximum atomic E-state index is 12.2. The van der Waals surface area contributed by atoms with E-state index in [9.17, 15) is 14.7 Å². The van der Waals surface area contributed by atoms with Gasteiger partial charge in [-0.1, -0.05) is 5.16 Å². The van der Waals surface area contributed by atoms with Crippen LogP contribution in [0.1, 0.15) is 10.4 Å². The lowest BCUT2D eigenvalue weighted by Gasteiger charge is -2.15. The van der Waals surface area contributed by atoms with E-state index in [1.807, 2.05) is 0 Å². The second kappa shape index (κ2) is 6.28. The Labute approximate surface area is 129 Å². The van der Waals surface area contributed by atoms with Crippen molar-refractivity contribution in [3.05, 3.63) is 42.4 Å². The molecule has 1 atom stereocenters. The molecular formula is C14H13N5O4. The lowest BCUT2D eigenvalue weighted by molar-refractivity contribution is -0.118. The number of aliphatic hydroxyl groups is 1. The van der Waals surface area contributed by atoms with Crippen molar-refractivity contribution >= 4 is 28.7 Å². The molecule has 2 heterocycles. The third kappa shape index (κ3) is 3.19. The summed E-state index contributed by atoms with van der Waals surface area (Å²) in [5.41, 5.74) is 1.77. The van der Waals surface area contributed by atoms with Crippen molar-refractivity contribution in [2.45, 2.75) is 6.04 Å². The summed E-state index contributed by atoms with van der Waals surface area (Å²) in [4.78, 5) is 31.2. The molecule has 118 valence electrons. The number of carbonyl (C=O) groups is 2. The number of aliphatic hydroxyl groups excluding tert-OH is 1. The highest BCUT2D eigenvalue weighted by Gasteiger charge is 2.21. The number of rotatable bonds is 5. The van der Waals surface area contributed by atoms with Crippen molar-refractivity contribution in [2.75, 3.05) is 11.9 Å². The van der Waals surface area contributed by atoms with Gasteiger partial charge in [-0.3, -0.25) is 9.59 Å². The van der Waals surface area contributed by atoms with Crippen LogP contribution in [0.15, 0.2) is 41.4 Å². The van der Waals surface area contributed by atoms with Gasteiger partial charge in [0.15, 0.2) is 5.82 Å². The van der Waals surface area contributed by atoms with Crippen LogP contribution in [0.5, 0.6) is 0 Å². The number of anilines is 1. The molecular weight excluding hydrogens is 302 g/mol. The largest absolute Gasteiger partial charge is 0.394 e. The number of hydrogen-bond acceptors (Lipinski definition) is 6. The number of nitrogens with one attached hydrogen (secondary N) is 3. The van der Waals surface area contributed by atoms with Gasteiger partial charge < -0.3 is 25.2 Å². The molecule has 0 saturated carbocycles. The number of hydrogen-bond donors (Lipinski definition) is 4. The molecule has 9 heteroatoms. The van der Waals surface area contributed by atoms with E-state index in [0.717, 1.165) is 5.52 Å². The summed E-state index contributed by atoms with van der Waals surface area (Å²) in [6, 6.07) is 5.21. The SMILES string of the molecule is O=C(N[C@@H](CO)C(=O)Nc1ccon1)c1ccc2nc[nH]c2c1. The Morgan fingerprint density at radius 1 is 1.35 bits per heavy atom. The zero-order valence-electron chi connectivity index (χ0n) is 11.8. The van der Waals surface area contributed by atoms with Gasteiger partial charge in [0, 0.05) is 11.6 Å². The molecule has 4 N–H and O–H groups in total. The van der Waals surface area contributed by atoms with Gasteiger partial charge in [-0.25, -0.2) is 4.98 Å². The molecule has 1 aromatic carbocycles. The van der Waals surface area contributed by atoms with Crippen LogP contribution in [0.25, 0.3) is 11.0 Å². The van der Waals surface area contributed by atoms with E-state index in [4.69, 9.17) is 0 Å². The molecule has 0 spiro atoms. The Balaban J connectivity index is 1.70. The molecule has 0 unspecified atom stereocenters. The van der Waals surface area contributed by atoms with Crippen molar-refractivity contribution < 1.29 is 19.2 Å². The van der Waals surface area contributed by atoms with E-state index < -0.39 is 24.5 Å². The zero-order valence-corrected chi connectivity index (χ0v) is 11.8. The maximum absolute atomic E-state index is 12.2. The van der Waals surface area contributed by atoms with Crippen LogP contribution in [0.3, 0.4) is 0 Å². The van der Waals surface area contributed by atoms with Crippen LogP contribution in [-0.2, 0) is 4.79 Å². The summed E-state index contributed by atoms with van der Waals surface area (Å²) >= 11 is 0. The van der Waals surface area contributed by atoms with Gasteiger partial charge in [0.2, 0.25) is 0 Å². The molecule has 3 aromatic rings. The number of benzene rings is 1. The van der Waals surface area contributed by atoms with Crippen molar-refractivity contribution in [1.29, 1.82) is 0 Å². The van der Waals surface area contributed by atoms with E-state index in [0.29, 0.717) is 11.1 Å². The fourth-order valence-electron chi connectivity index (χ4n) is 2.00. The normalized spacial score (nSPS) is 12.0. The van der Waals surface area contributed by atoms with Crippen LogP contribution >= 0.6 is 0 Å². The highest BCUT2D eigenvalue weighted by molar-refractivity contribution is 6.02. The average Bonchev–Trinajstić information content (AvgIpc) is 3.22. The number of nitrogens with zero attached hydrogens (tertiary/aromatic N) is 2. The van der Waals surface area contributed by atoms with Gasteiger partial charge >= 0.3 is 0 Å². The molecule has 0 saturated heterocycles. The van der Waals surface area contributed by atoms with Gasteiger partial charge in [-0.2, -0.15) is 0 Å². The van der Waals surface area contributed by atoms with Gasteiger partial charge in [0.25, 0.3) is 11.8 Å². The highest BCUT2D eigenvalue weighted by Crippen LogP contribution is 2.11. The summed E-state index contributed by atoms with van der Waals surface area (Å²) < 4.78 is 4.59. The number of aromatic nitrogens is 3. The summed E-state index contributed by atoms with van der Waals surface area (Å²) in [5, 5.41) is 17.7. The first-order chi connectivity index (χ1) is 11.2. The van der Waals surface area contributed by atoms with E-state index in [2.05, 4.69) is 30.3 Å². The predicted octanol–water partition coefficient (Wildman–Crippen LogP) is 0.280. The van der Waals surface area contributed by atoms with Gasteiger partial charge in [-0.05, 0) is 18.2 Å². The second-order valence-electron chi connectivity index (χ2n) is 4.72. The van der Waals surface area contributed by atoms with Gasteiger partial charge in [0.1, 0.15) is 12.3 Å². The Morgan fingerprint density at radius 3 is 2.96 bits per heavy atom. The average molecular weight is 315 g/mol. The Morgan fingerprint density at radius 2 is 2.22 bits per heavy atom. The molecule has 0 bridgehead atoms. The molecule has 2 amide bonds. The van der Waals surface area contributed by atoms with Crippen molar-refractivity contribution in [3.63, 3.8) is 0 Å². The third-order valence-electron chi connectivity index (χ3n) is 3.18. The molecule has 3 rings (SSSR count). The summed E-state index contributed by atoms with van der Waals surface area (Å²) in [5.74, 6) is -0.894. The Hall–Kier alpha value is -3.20. The van der Waals surface area contributed by atoms with E-state index in [-0.39, 0.29) is 5.82 Å². The van der Waals surface area contributed by atoms with Crippen LogP contribution in [0, 0.1) is 0 Å². The van der Waals surface area contributed by atoms with Gasteiger partial charge in [-0.15, -0.1) is 0 Å². The number of aromatic amines is 1. The van der Waals surface area contributed by atoms with Gasteiger partial charge in [0.05, 0.1) is 24.0 Å². The summed E-state index contributed by atoms with van der Waals surface area (Å²) in [6.45, 7) is -0.554. The molecule has 0 aliphatic heterocycles. The van der Waals surface area contributed by atoms with E-state index in [1.54, 1.807) is 18.2 Å². The maximum Gasteiger partial charge on any atom is 0.252 e. The minimum absolute atomic E-state index is 0.196. The quantitative estimate of drug-likeness (QED) is 0.534. The Kier molecular flexibility index (Phi) is 4.02. The fraction of sp³-hybridized carbons (Fsp3) is 0.143. The monoisotopic (exact) mass is 315 g/mol. The Bertz CT molecular complexity index is 827. The number of carbonyl (C=O) groups excluding carboxylic acids is 2. The molecule has 2 aromatic heterocycles. The molecule has 0 fully saturated rings. The summed E-state index contributed by atoms with van der Waals surface area (Å²) in [7, 11) is 0. The lowest BCUT2D eigenvalue weighted by atomic mass is 10.1. The number of amides is 2. The highest BCUT2D eigenvalue weighted by atomic mass is 16.5. The standard InChI is InChI=1S/C14H13N5O4/c20-6-11(14(22)18-12-3-4-23-19-12)17-13(21)8-1-2-9-10(5-8)16-7-15-9/h1-5,7,11,20H,6H2,(H,15,16)(H,17,21)(H,18,19,22)/t11-/m0/s1. The van der Waals surface area contributed by atoms with Crippen LogP contribution in [-0.4, -0.2) is 44.7 Å². The predicted molar refractivity (Wildman–Crippen MR) is 79.6 cm³/mol. The van der Waals surface area contributed by atoms with Crippen LogP contribution < -0.4 is 10.6 Å². The topological polar surface area (TPSA) is 133 Å². The van der Waals surface area contributed by atoms with Crippen molar-refractivity contribution in [2.24, 2.45) is 0 Å². The van der Waals surface area contributed by atoms with Crippen molar-refractivity contribution in [1.82, 2.24) is 20.4 Å². The minimum atomic E-state index is -1.11. The number of imidazole rings is 1. The number of H-pyrrole nitrogens is 1. The van der Waals surface area contributed by atoms with Crippen LogP contribution in [0.4, 0.5) is 5.82 Å². The third-order valence-corrected chi connectivity index (χ3v) is 3.18. The molecule has 23 heavy (non-hydrogen) atoms. The van der Waals surface area contributed by atoms with E-state index in [1.165, 1.54) is 18.7 Å². The number of fused-ring (bicyclic) bond motifs is 1. The fourth-order valence-corrected chi connectivity index (χ4v) is 2.00. The van der Waals surface area contributed by atoms with E-state index >= 15 is 0 Å². The summed E-state index contributed by atoms with van der Waals surface area (Å²) in [6.07, 6.45) is 2.82. The first-order valence-corrected chi connectivity index (χ1v) is 6.73. The smallest absolute Gasteiger partial charge is 0.252 e. The zero-order chi connectivity index (χ0) is 16.2. The first kappa shape index (κ1) is 14.7. The second-order valence-corrected chi connectivity index (χ2v) is 4.72. The van der Waals surface area contributed by atoms with Crippen LogP contribution in [0.2, 0.25) is 0 Å². The van der Waals surface area contributed by atoms with Crippen molar-refractivity contribution in [3.8, 4) is 0 Å². The molecule has 9 nitrogen and oxygen atoms in total. The first-order valence-electron chi connectivity index (χ1n) is 6.73. The molecule has 0 radical (unpaired) electrons.